The molecule has 0 bridgehead atoms. The van der Waals surface area contributed by atoms with Crippen LogP contribution in [0.2, 0.25) is 0 Å². The highest BCUT2D eigenvalue weighted by molar-refractivity contribution is 7.71. The van der Waals surface area contributed by atoms with Crippen molar-refractivity contribution in [1.29, 1.82) is 0 Å². The van der Waals surface area contributed by atoms with E-state index in [9.17, 15) is 4.79 Å². The highest BCUT2D eigenvalue weighted by Crippen LogP contribution is 2.32. The summed E-state index contributed by atoms with van der Waals surface area (Å²) in [6, 6.07) is 4.94. The van der Waals surface area contributed by atoms with Crippen molar-refractivity contribution < 1.29 is 14.3 Å². The summed E-state index contributed by atoms with van der Waals surface area (Å²) in [4.78, 5) is 11.9. The van der Waals surface area contributed by atoms with Gasteiger partial charge in [-0.1, -0.05) is 0 Å². The van der Waals surface area contributed by atoms with Crippen LogP contribution in [0.4, 0.5) is 0 Å². The number of benzene rings is 1. The van der Waals surface area contributed by atoms with Crippen LogP contribution in [0.5, 0.6) is 11.5 Å². The van der Waals surface area contributed by atoms with E-state index in [4.69, 9.17) is 21.7 Å². The Balaban J connectivity index is 1.85. The van der Waals surface area contributed by atoms with E-state index in [1.54, 1.807) is 18.2 Å². The van der Waals surface area contributed by atoms with Crippen LogP contribution < -0.4 is 14.9 Å². The number of rotatable bonds is 2. The van der Waals surface area contributed by atoms with Crippen molar-refractivity contribution in [3.8, 4) is 11.5 Å². The first-order valence-corrected chi connectivity index (χ1v) is 5.48. The van der Waals surface area contributed by atoms with E-state index in [0.29, 0.717) is 21.8 Å². The third-order valence-corrected chi connectivity index (χ3v) is 2.70. The monoisotopic (exact) mass is 264 g/mol. The van der Waals surface area contributed by atoms with Crippen LogP contribution in [0.15, 0.2) is 24.5 Å². The SMILES string of the molecule is O=C(Nn1cn[nH]c1=S)c1ccc2c(c1)OCO2. The van der Waals surface area contributed by atoms with Crippen molar-refractivity contribution in [3.63, 3.8) is 0 Å². The summed E-state index contributed by atoms with van der Waals surface area (Å²) in [7, 11) is 0. The van der Waals surface area contributed by atoms with E-state index < -0.39 is 0 Å². The minimum absolute atomic E-state index is 0.174. The first kappa shape index (κ1) is 10.8. The Bertz CT molecular complexity index is 663. The van der Waals surface area contributed by atoms with Crippen molar-refractivity contribution in [2.24, 2.45) is 0 Å². The van der Waals surface area contributed by atoms with Crippen LogP contribution in [0.1, 0.15) is 10.4 Å². The molecule has 18 heavy (non-hydrogen) atoms. The van der Waals surface area contributed by atoms with Gasteiger partial charge in [0.1, 0.15) is 6.33 Å². The molecule has 1 aliphatic rings. The van der Waals surface area contributed by atoms with Crippen LogP contribution >= 0.6 is 12.2 Å². The second-order valence-corrected chi connectivity index (χ2v) is 3.93. The van der Waals surface area contributed by atoms with Gasteiger partial charge >= 0.3 is 0 Å². The molecule has 2 N–H and O–H groups in total. The van der Waals surface area contributed by atoms with Gasteiger partial charge in [-0.25, -0.2) is 4.68 Å². The molecule has 0 radical (unpaired) electrons. The lowest BCUT2D eigenvalue weighted by molar-refractivity contribution is 0.101. The Labute approximate surface area is 106 Å². The lowest BCUT2D eigenvalue weighted by Crippen LogP contribution is -2.22. The standard InChI is InChI=1S/C10H8N4O3S/c15-9(13-14-4-11-12-10(14)18)6-1-2-7-8(3-6)17-5-16-7/h1-4H,5H2,(H,12,18)(H,13,15). The Hall–Kier alpha value is -2.35. The maximum absolute atomic E-state index is 11.9. The summed E-state index contributed by atoms with van der Waals surface area (Å²) < 4.78 is 12.0. The molecule has 8 heteroatoms. The molecule has 3 rings (SSSR count). The minimum atomic E-state index is -0.314. The summed E-state index contributed by atoms with van der Waals surface area (Å²) in [6.45, 7) is 0.174. The number of aromatic nitrogens is 3. The number of amides is 1. The molecule has 0 spiro atoms. The lowest BCUT2D eigenvalue weighted by atomic mass is 10.2. The Kier molecular flexibility index (Phi) is 2.49. The summed E-state index contributed by atoms with van der Waals surface area (Å²) in [5.74, 6) is 0.871. The van der Waals surface area contributed by atoms with Gasteiger partial charge in [-0.15, -0.1) is 0 Å². The molecule has 0 saturated heterocycles. The molecule has 1 aromatic heterocycles. The van der Waals surface area contributed by atoms with Crippen molar-refractivity contribution in [1.82, 2.24) is 14.9 Å². The largest absolute Gasteiger partial charge is 0.454 e. The van der Waals surface area contributed by atoms with E-state index in [1.165, 1.54) is 11.0 Å². The van der Waals surface area contributed by atoms with Crippen molar-refractivity contribution in [2.75, 3.05) is 12.2 Å². The van der Waals surface area contributed by atoms with Crippen LogP contribution in [0.25, 0.3) is 0 Å². The number of hydrogen-bond donors (Lipinski definition) is 2. The van der Waals surface area contributed by atoms with Crippen LogP contribution in [0, 0.1) is 4.77 Å². The predicted octanol–water partition coefficient (Wildman–Crippen LogP) is 1.05. The van der Waals surface area contributed by atoms with Crippen molar-refractivity contribution in [3.05, 3.63) is 34.9 Å². The molecule has 1 amide bonds. The normalized spacial score (nSPS) is 12.4. The van der Waals surface area contributed by atoms with E-state index >= 15 is 0 Å². The Morgan fingerprint density at radius 3 is 3.06 bits per heavy atom. The van der Waals surface area contributed by atoms with Crippen LogP contribution in [-0.4, -0.2) is 27.6 Å². The van der Waals surface area contributed by atoms with Gasteiger partial charge in [0.05, 0.1) is 0 Å². The third kappa shape index (κ3) is 1.82. The molecule has 0 fully saturated rings. The summed E-state index contributed by atoms with van der Waals surface area (Å²) in [6.07, 6.45) is 1.38. The van der Waals surface area contributed by atoms with Gasteiger partial charge in [0, 0.05) is 5.56 Å². The fourth-order valence-corrected chi connectivity index (χ4v) is 1.68. The predicted molar refractivity (Wildman–Crippen MR) is 63.7 cm³/mol. The Morgan fingerprint density at radius 2 is 2.28 bits per heavy atom. The topological polar surface area (TPSA) is 81.2 Å². The van der Waals surface area contributed by atoms with Crippen molar-refractivity contribution in [2.45, 2.75) is 0 Å². The number of hydrogen-bond acceptors (Lipinski definition) is 5. The zero-order valence-corrected chi connectivity index (χ0v) is 9.86. The number of nitrogens with one attached hydrogen (secondary N) is 2. The van der Waals surface area contributed by atoms with Gasteiger partial charge in [0.25, 0.3) is 5.91 Å². The maximum Gasteiger partial charge on any atom is 0.270 e. The van der Waals surface area contributed by atoms with Gasteiger partial charge < -0.3 is 9.47 Å². The molecule has 2 aromatic rings. The average Bonchev–Trinajstić information content (AvgIpc) is 2.98. The number of ether oxygens (including phenoxy) is 2. The molecule has 92 valence electrons. The summed E-state index contributed by atoms with van der Waals surface area (Å²) >= 11 is 4.92. The lowest BCUT2D eigenvalue weighted by Gasteiger charge is -2.05. The molecule has 0 aliphatic carbocycles. The first-order valence-electron chi connectivity index (χ1n) is 5.07. The second kappa shape index (κ2) is 4.15. The van der Waals surface area contributed by atoms with Crippen LogP contribution in [0.3, 0.4) is 0 Å². The molecule has 0 saturated carbocycles. The molecule has 0 atom stereocenters. The van der Waals surface area contributed by atoms with E-state index in [1.807, 2.05) is 0 Å². The van der Waals surface area contributed by atoms with Gasteiger partial charge in [0.2, 0.25) is 11.6 Å². The minimum Gasteiger partial charge on any atom is -0.454 e. The highest BCUT2D eigenvalue weighted by Gasteiger charge is 2.16. The molecule has 7 nitrogen and oxygen atoms in total. The van der Waals surface area contributed by atoms with E-state index in [0.717, 1.165) is 0 Å². The zero-order valence-electron chi connectivity index (χ0n) is 9.04. The molecule has 1 aliphatic heterocycles. The number of aromatic amines is 1. The quantitative estimate of drug-likeness (QED) is 0.792. The highest BCUT2D eigenvalue weighted by atomic mass is 32.1. The van der Waals surface area contributed by atoms with Gasteiger partial charge in [-0.3, -0.25) is 15.3 Å². The van der Waals surface area contributed by atoms with Gasteiger partial charge in [0.15, 0.2) is 11.5 Å². The molecular weight excluding hydrogens is 256 g/mol. The summed E-state index contributed by atoms with van der Waals surface area (Å²) in [5.41, 5.74) is 3.03. The fraction of sp³-hybridized carbons (Fsp3) is 0.100. The number of carbonyl (C=O) groups is 1. The number of H-pyrrole nitrogens is 1. The van der Waals surface area contributed by atoms with Gasteiger partial charge in [-0.05, 0) is 30.4 Å². The van der Waals surface area contributed by atoms with Crippen LogP contribution in [-0.2, 0) is 0 Å². The Morgan fingerprint density at radius 1 is 1.44 bits per heavy atom. The molecule has 1 aromatic carbocycles. The fourth-order valence-electron chi connectivity index (χ4n) is 1.54. The zero-order chi connectivity index (χ0) is 12.5. The van der Waals surface area contributed by atoms with Gasteiger partial charge in [-0.2, -0.15) is 5.10 Å². The first-order chi connectivity index (χ1) is 8.74. The summed E-state index contributed by atoms with van der Waals surface area (Å²) in [5, 5.41) is 6.24. The second-order valence-electron chi connectivity index (χ2n) is 3.54. The molecule has 0 unspecified atom stereocenters. The van der Waals surface area contributed by atoms with E-state index in [2.05, 4.69) is 15.6 Å². The molecule has 2 heterocycles. The number of carbonyl (C=O) groups excluding carboxylic acids is 1. The smallest absolute Gasteiger partial charge is 0.270 e. The van der Waals surface area contributed by atoms with E-state index in [-0.39, 0.29) is 12.7 Å². The average molecular weight is 264 g/mol. The van der Waals surface area contributed by atoms with Crippen molar-refractivity contribution >= 4 is 18.1 Å². The number of fused-ring (bicyclic) bond motifs is 1. The molecular formula is C10H8N4O3S. The number of nitrogens with zero attached hydrogens (tertiary/aromatic N) is 2. The third-order valence-electron chi connectivity index (χ3n) is 2.41. The maximum atomic E-state index is 11.9.